The van der Waals surface area contributed by atoms with Crippen molar-refractivity contribution in [3.8, 4) is 0 Å². The number of benzene rings is 2. The Kier molecular flexibility index (Phi) is 5.77. The van der Waals surface area contributed by atoms with Crippen molar-refractivity contribution in [3.63, 3.8) is 0 Å². The first-order chi connectivity index (χ1) is 10.2. The molecule has 2 rings (SSSR count). The SMILES string of the molecule is C=CCc1ccc2cc(C=CCCCC(C)O)ccc2c1. The molecule has 0 spiro atoms. The molecule has 0 aromatic heterocycles. The van der Waals surface area contributed by atoms with Gasteiger partial charge in [-0.25, -0.2) is 0 Å². The topological polar surface area (TPSA) is 20.2 Å². The summed E-state index contributed by atoms with van der Waals surface area (Å²) in [5, 5.41) is 11.8. The monoisotopic (exact) mass is 280 g/mol. The Hall–Kier alpha value is -1.86. The second kappa shape index (κ2) is 7.80. The molecule has 1 nitrogen and oxygen atoms in total. The molecular weight excluding hydrogens is 256 g/mol. The van der Waals surface area contributed by atoms with E-state index in [1.54, 1.807) is 0 Å². The van der Waals surface area contributed by atoms with Crippen LogP contribution in [0.25, 0.3) is 16.8 Å². The molecule has 0 aliphatic heterocycles. The summed E-state index contributed by atoms with van der Waals surface area (Å²) in [7, 11) is 0. The zero-order chi connectivity index (χ0) is 15.1. The van der Waals surface area contributed by atoms with Crippen molar-refractivity contribution in [2.45, 2.75) is 38.7 Å². The van der Waals surface area contributed by atoms with E-state index in [0.29, 0.717) is 0 Å². The maximum atomic E-state index is 9.22. The third-order valence-corrected chi connectivity index (χ3v) is 3.61. The van der Waals surface area contributed by atoms with Gasteiger partial charge in [0, 0.05) is 0 Å². The molecule has 0 fully saturated rings. The zero-order valence-electron chi connectivity index (χ0n) is 12.8. The Labute approximate surface area is 127 Å². The molecule has 1 unspecified atom stereocenters. The predicted octanol–water partition coefficient (Wildman–Crippen LogP) is 5.13. The molecule has 110 valence electrons. The molecule has 2 aromatic rings. The molecule has 0 aliphatic carbocycles. The highest BCUT2D eigenvalue weighted by Crippen LogP contribution is 2.19. The van der Waals surface area contributed by atoms with Gasteiger partial charge in [-0.05, 0) is 60.6 Å². The van der Waals surface area contributed by atoms with E-state index < -0.39 is 0 Å². The van der Waals surface area contributed by atoms with E-state index in [9.17, 15) is 5.11 Å². The fourth-order valence-corrected chi connectivity index (χ4v) is 2.46. The van der Waals surface area contributed by atoms with Crippen molar-refractivity contribution in [1.29, 1.82) is 0 Å². The van der Waals surface area contributed by atoms with Gasteiger partial charge < -0.3 is 5.11 Å². The van der Waals surface area contributed by atoms with E-state index in [2.05, 4.69) is 55.1 Å². The summed E-state index contributed by atoms with van der Waals surface area (Å²) in [5.41, 5.74) is 2.54. The van der Waals surface area contributed by atoms with E-state index >= 15 is 0 Å². The van der Waals surface area contributed by atoms with Gasteiger partial charge in [0.05, 0.1) is 6.10 Å². The highest BCUT2D eigenvalue weighted by Gasteiger charge is 1.97. The first-order valence-electron chi connectivity index (χ1n) is 7.67. The van der Waals surface area contributed by atoms with Crippen LogP contribution in [0.2, 0.25) is 0 Å². The summed E-state index contributed by atoms with van der Waals surface area (Å²) >= 11 is 0. The fraction of sp³-hybridized carbons (Fsp3) is 0.300. The maximum Gasteiger partial charge on any atom is 0.0512 e. The number of hydrogen-bond donors (Lipinski definition) is 1. The summed E-state index contributed by atoms with van der Waals surface area (Å²) in [6.07, 6.45) is 9.94. The second-order valence-corrected chi connectivity index (χ2v) is 5.62. The number of aliphatic hydroxyl groups excluding tert-OH is 1. The van der Waals surface area contributed by atoms with Gasteiger partial charge in [0.1, 0.15) is 0 Å². The van der Waals surface area contributed by atoms with Gasteiger partial charge in [0.25, 0.3) is 0 Å². The lowest BCUT2D eigenvalue weighted by Gasteiger charge is -2.03. The number of rotatable bonds is 7. The van der Waals surface area contributed by atoms with Gasteiger partial charge in [-0.1, -0.05) is 48.6 Å². The highest BCUT2D eigenvalue weighted by molar-refractivity contribution is 5.85. The summed E-state index contributed by atoms with van der Waals surface area (Å²) in [5.74, 6) is 0. The van der Waals surface area contributed by atoms with E-state index in [1.807, 2.05) is 13.0 Å². The number of aliphatic hydroxyl groups is 1. The fourth-order valence-electron chi connectivity index (χ4n) is 2.46. The average Bonchev–Trinajstić information content (AvgIpc) is 2.47. The minimum absolute atomic E-state index is 0.191. The summed E-state index contributed by atoms with van der Waals surface area (Å²) in [6, 6.07) is 13.1. The van der Waals surface area contributed by atoms with Crippen LogP contribution in [0.15, 0.2) is 55.1 Å². The van der Waals surface area contributed by atoms with Crippen molar-refractivity contribution in [2.75, 3.05) is 0 Å². The Morgan fingerprint density at radius 1 is 1.14 bits per heavy atom. The number of allylic oxidation sites excluding steroid dienone is 2. The first-order valence-corrected chi connectivity index (χ1v) is 7.67. The number of unbranched alkanes of at least 4 members (excludes halogenated alkanes) is 1. The molecule has 1 heteroatoms. The molecule has 0 aliphatic rings. The van der Waals surface area contributed by atoms with Crippen LogP contribution in [0.3, 0.4) is 0 Å². The molecule has 2 aromatic carbocycles. The molecule has 1 atom stereocenters. The van der Waals surface area contributed by atoms with Crippen molar-refractivity contribution >= 4 is 16.8 Å². The van der Waals surface area contributed by atoms with Crippen LogP contribution in [-0.2, 0) is 6.42 Å². The zero-order valence-corrected chi connectivity index (χ0v) is 12.8. The maximum absolute atomic E-state index is 9.22. The van der Waals surface area contributed by atoms with Gasteiger partial charge >= 0.3 is 0 Å². The third kappa shape index (κ3) is 4.87. The van der Waals surface area contributed by atoms with E-state index in [-0.39, 0.29) is 6.10 Å². The molecule has 0 radical (unpaired) electrons. The Morgan fingerprint density at radius 2 is 1.90 bits per heavy atom. The number of hydrogen-bond acceptors (Lipinski definition) is 1. The quantitative estimate of drug-likeness (QED) is 0.550. The van der Waals surface area contributed by atoms with E-state index in [1.165, 1.54) is 21.9 Å². The smallest absolute Gasteiger partial charge is 0.0512 e. The van der Waals surface area contributed by atoms with Crippen molar-refractivity contribution in [1.82, 2.24) is 0 Å². The van der Waals surface area contributed by atoms with Gasteiger partial charge in [-0.2, -0.15) is 0 Å². The van der Waals surface area contributed by atoms with Crippen LogP contribution in [0, 0.1) is 0 Å². The number of fused-ring (bicyclic) bond motifs is 1. The molecule has 0 heterocycles. The first kappa shape index (κ1) is 15.5. The Bertz CT molecular complexity index is 623. The van der Waals surface area contributed by atoms with Crippen LogP contribution >= 0.6 is 0 Å². The average molecular weight is 280 g/mol. The van der Waals surface area contributed by atoms with Crippen molar-refractivity contribution in [2.24, 2.45) is 0 Å². The molecule has 0 bridgehead atoms. The van der Waals surface area contributed by atoms with Gasteiger partial charge in [-0.15, -0.1) is 6.58 Å². The molecule has 1 N–H and O–H groups in total. The normalized spacial score (nSPS) is 12.9. The standard InChI is InChI=1S/C20H24O/c1-3-7-17-10-12-20-15-18(11-13-19(20)14-17)9-6-4-5-8-16(2)21/h3,6,9-16,21H,1,4-5,7-8H2,2H3. The van der Waals surface area contributed by atoms with E-state index in [4.69, 9.17) is 0 Å². The highest BCUT2D eigenvalue weighted by atomic mass is 16.3. The van der Waals surface area contributed by atoms with Crippen LogP contribution in [0.4, 0.5) is 0 Å². The predicted molar refractivity (Wildman–Crippen MR) is 92.4 cm³/mol. The molecule has 0 saturated heterocycles. The summed E-state index contributed by atoms with van der Waals surface area (Å²) in [6.45, 7) is 5.63. The van der Waals surface area contributed by atoms with Crippen LogP contribution in [0.1, 0.15) is 37.3 Å². The lowest BCUT2D eigenvalue weighted by Crippen LogP contribution is -1.97. The molecule has 0 saturated carbocycles. The van der Waals surface area contributed by atoms with Gasteiger partial charge in [0.15, 0.2) is 0 Å². The van der Waals surface area contributed by atoms with Crippen LogP contribution in [0.5, 0.6) is 0 Å². The van der Waals surface area contributed by atoms with Crippen molar-refractivity contribution in [3.05, 3.63) is 66.3 Å². The largest absolute Gasteiger partial charge is 0.393 e. The minimum atomic E-state index is -0.191. The lowest BCUT2D eigenvalue weighted by molar-refractivity contribution is 0.182. The molecule has 0 amide bonds. The summed E-state index contributed by atoms with van der Waals surface area (Å²) < 4.78 is 0. The van der Waals surface area contributed by atoms with Gasteiger partial charge in [0.2, 0.25) is 0 Å². The summed E-state index contributed by atoms with van der Waals surface area (Å²) in [4.78, 5) is 0. The molecule has 21 heavy (non-hydrogen) atoms. The third-order valence-electron chi connectivity index (χ3n) is 3.61. The second-order valence-electron chi connectivity index (χ2n) is 5.62. The van der Waals surface area contributed by atoms with Gasteiger partial charge in [-0.3, -0.25) is 0 Å². The van der Waals surface area contributed by atoms with Crippen LogP contribution < -0.4 is 0 Å². The minimum Gasteiger partial charge on any atom is -0.393 e. The van der Waals surface area contributed by atoms with E-state index in [0.717, 1.165) is 25.7 Å². The lowest BCUT2D eigenvalue weighted by atomic mass is 10.0. The van der Waals surface area contributed by atoms with Crippen molar-refractivity contribution < 1.29 is 5.11 Å². The van der Waals surface area contributed by atoms with Crippen LogP contribution in [-0.4, -0.2) is 11.2 Å². The molecular formula is C20H24O. The Morgan fingerprint density at radius 3 is 2.67 bits per heavy atom. The Balaban J connectivity index is 2.03.